The van der Waals surface area contributed by atoms with Gasteiger partial charge in [0, 0.05) is 7.05 Å². The molecular weight excluding hydrogens is 294 g/mol. The van der Waals surface area contributed by atoms with Crippen LogP contribution in [0.5, 0.6) is 11.5 Å². The third kappa shape index (κ3) is 4.39. The van der Waals surface area contributed by atoms with E-state index in [0.29, 0.717) is 18.0 Å². The summed E-state index contributed by atoms with van der Waals surface area (Å²) < 4.78 is 16.0. The number of methoxy groups -OCH3 is 2. The number of rotatable bonds is 6. The molecule has 0 aliphatic carbocycles. The van der Waals surface area contributed by atoms with Crippen LogP contribution in [0.3, 0.4) is 0 Å². The van der Waals surface area contributed by atoms with E-state index >= 15 is 0 Å². The number of carbonyl (C=O) groups is 1. The Labute approximate surface area is 136 Å². The fourth-order valence-corrected chi connectivity index (χ4v) is 2.22. The van der Waals surface area contributed by atoms with Crippen molar-refractivity contribution < 1.29 is 19.0 Å². The normalized spacial score (nSPS) is 10.0. The molecule has 0 saturated heterocycles. The van der Waals surface area contributed by atoms with Crippen molar-refractivity contribution in [2.75, 3.05) is 21.3 Å². The van der Waals surface area contributed by atoms with Crippen molar-refractivity contribution in [2.45, 2.75) is 13.2 Å². The van der Waals surface area contributed by atoms with Gasteiger partial charge in [-0.1, -0.05) is 36.4 Å². The molecule has 0 aromatic heterocycles. The molecule has 2 aromatic rings. The Morgan fingerprint density at radius 2 is 1.57 bits per heavy atom. The van der Waals surface area contributed by atoms with Gasteiger partial charge >= 0.3 is 6.09 Å². The first-order valence-electron chi connectivity index (χ1n) is 7.27. The number of hydrogen-bond donors (Lipinski definition) is 0. The van der Waals surface area contributed by atoms with Gasteiger partial charge in [-0.2, -0.15) is 0 Å². The third-order valence-electron chi connectivity index (χ3n) is 3.44. The van der Waals surface area contributed by atoms with E-state index in [1.165, 1.54) is 4.90 Å². The highest BCUT2D eigenvalue weighted by Crippen LogP contribution is 2.29. The van der Waals surface area contributed by atoms with Crippen molar-refractivity contribution in [3.63, 3.8) is 0 Å². The second kappa shape index (κ2) is 8.08. The number of nitrogens with zero attached hydrogens (tertiary/aromatic N) is 1. The number of benzene rings is 2. The Bertz CT molecular complexity index is 620. The maximum Gasteiger partial charge on any atom is 0.410 e. The van der Waals surface area contributed by atoms with Crippen LogP contribution in [-0.4, -0.2) is 32.3 Å². The first kappa shape index (κ1) is 16.7. The predicted molar refractivity (Wildman–Crippen MR) is 87.6 cm³/mol. The van der Waals surface area contributed by atoms with E-state index in [1.807, 2.05) is 48.5 Å². The molecule has 0 aliphatic rings. The van der Waals surface area contributed by atoms with E-state index in [2.05, 4.69) is 0 Å². The fraction of sp³-hybridized carbons (Fsp3) is 0.278. The molecule has 0 N–H and O–H groups in total. The highest BCUT2D eigenvalue weighted by atomic mass is 16.6. The zero-order valence-electron chi connectivity index (χ0n) is 13.6. The number of amides is 1. The van der Waals surface area contributed by atoms with Crippen molar-refractivity contribution >= 4 is 6.09 Å². The molecule has 0 saturated carbocycles. The van der Waals surface area contributed by atoms with E-state index in [4.69, 9.17) is 14.2 Å². The summed E-state index contributed by atoms with van der Waals surface area (Å²) in [6, 6.07) is 15.1. The van der Waals surface area contributed by atoms with Crippen LogP contribution < -0.4 is 9.47 Å². The molecule has 0 radical (unpaired) electrons. The van der Waals surface area contributed by atoms with Crippen molar-refractivity contribution in [1.82, 2.24) is 4.90 Å². The minimum absolute atomic E-state index is 0.243. The van der Waals surface area contributed by atoms with Gasteiger partial charge in [-0.05, 0) is 17.7 Å². The molecule has 5 heteroatoms. The van der Waals surface area contributed by atoms with Gasteiger partial charge in [0.15, 0.2) is 0 Å². The fourth-order valence-electron chi connectivity index (χ4n) is 2.22. The Kier molecular flexibility index (Phi) is 5.86. The molecule has 122 valence electrons. The topological polar surface area (TPSA) is 48.0 Å². The SMILES string of the molecule is COc1cccc(OC)c1CN(C)C(=O)OCc1ccccc1. The van der Waals surface area contributed by atoms with Crippen LogP contribution in [0.1, 0.15) is 11.1 Å². The summed E-state index contributed by atoms with van der Waals surface area (Å²) in [4.78, 5) is 13.6. The summed E-state index contributed by atoms with van der Waals surface area (Å²) in [6.45, 7) is 0.577. The first-order valence-corrected chi connectivity index (χ1v) is 7.27. The molecule has 5 nitrogen and oxygen atoms in total. The monoisotopic (exact) mass is 315 g/mol. The molecule has 0 unspecified atom stereocenters. The van der Waals surface area contributed by atoms with Crippen LogP contribution in [0.4, 0.5) is 4.79 Å². The standard InChI is InChI=1S/C18H21NO4/c1-19(18(20)23-13-14-8-5-4-6-9-14)12-15-16(21-2)10-7-11-17(15)22-3/h4-11H,12-13H2,1-3H3. The number of carbonyl (C=O) groups excluding carboxylic acids is 1. The van der Waals surface area contributed by atoms with Gasteiger partial charge in [-0.25, -0.2) is 4.79 Å². The lowest BCUT2D eigenvalue weighted by Gasteiger charge is -2.20. The Morgan fingerprint density at radius 1 is 0.957 bits per heavy atom. The van der Waals surface area contributed by atoms with Gasteiger partial charge in [0.1, 0.15) is 18.1 Å². The van der Waals surface area contributed by atoms with Gasteiger partial charge < -0.3 is 19.1 Å². The lowest BCUT2D eigenvalue weighted by molar-refractivity contribution is 0.102. The minimum atomic E-state index is -0.401. The largest absolute Gasteiger partial charge is 0.496 e. The van der Waals surface area contributed by atoms with Gasteiger partial charge in [-0.3, -0.25) is 0 Å². The lowest BCUT2D eigenvalue weighted by Crippen LogP contribution is -2.27. The molecule has 0 heterocycles. The molecule has 23 heavy (non-hydrogen) atoms. The van der Waals surface area contributed by atoms with E-state index in [0.717, 1.165) is 11.1 Å². The summed E-state index contributed by atoms with van der Waals surface area (Å²) in [6.07, 6.45) is -0.401. The Morgan fingerprint density at radius 3 is 2.13 bits per heavy atom. The molecular formula is C18H21NO4. The number of ether oxygens (including phenoxy) is 3. The average Bonchev–Trinajstić information content (AvgIpc) is 2.60. The van der Waals surface area contributed by atoms with Crippen LogP contribution in [0.25, 0.3) is 0 Å². The van der Waals surface area contributed by atoms with E-state index in [-0.39, 0.29) is 6.61 Å². The maximum atomic E-state index is 12.1. The van der Waals surface area contributed by atoms with E-state index in [9.17, 15) is 4.79 Å². The van der Waals surface area contributed by atoms with Crippen LogP contribution in [0.2, 0.25) is 0 Å². The maximum absolute atomic E-state index is 12.1. The molecule has 0 atom stereocenters. The Balaban J connectivity index is 2.01. The molecule has 2 aromatic carbocycles. The summed E-state index contributed by atoms with van der Waals surface area (Å²) in [5.41, 5.74) is 1.75. The number of hydrogen-bond acceptors (Lipinski definition) is 4. The highest BCUT2D eigenvalue weighted by molar-refractivity contribution is 5.67. The Hall–Kier alpha value is -2.69. The van der Waals surface area contributed by atoms with Gasteiger partial charge in [0.25, 0.3) is 0 Å². The van der Waals surface area contributed by atoms with Crippen molar-refractivity contribution in [2.24, 2.45) is 0 Å². The second-order valence-corrected chi connectivity index (χ2v) is 5.04. The second-order valence-electron chi connectivity index (χ2n) is 5.04. The highest BCUT2D eigenvalue weighted by Gasteiger charge is 2.16. The zero-order valence-corrected chi connectivity index (χ0v) is 13.6. The van der Waals surface area contributed by atoms with Crippen LogP contribution in [0, 0.1) is 0 Å². The smallest absolute Gasteiger partial charge is 0.410 e. The van der Waals surface area contributed by atoms with Gasteiger partial charge in [0.05, 0.1) is 26.3 Å². The lowest BCUT2D eigenvalue weighted by atomic mass is 10.1. The van der Waals surface area contributed by atoms with Crippen molar-refractivity contribution in [3.8, 4) is 11.5 Å². The van der Waals surface area contributed by atoms with Gasteiger partial charge in [0.2, 0.25) is 0 Å². The van der Waals surface area contributed by atoms with Crippen LogP contribution in [0.15, 0.2) is 48.5 Å². The first-order chi connectivity index (χ1) is 11.2. The minimum Gasteiger partial charge on any atom is -0.496 e. The quantitative estimate of drug-likeness (QED) is 0.819. The molecule has 2 rings (SSSR count). The molecule has 0 spiro atoms. The van der Waals surface area contributed by atoms with E-state index in [1.54, 1.807) is 21.3 Å². The van der Waals surface area contributed by atoms with Crippen LogP contribution >= 0.6 is 0 Å². The molecule has 0 fully saturated rings. The van der Waals surface area contributed by atoms with Crippen molar-refractivity contribution in [1.29, 1.82) is 0 Å². The predicted octanol–water partition coefficient (Wildman–Crippen LogP) is 3.47. The summed E-state index contributed by atoms with van der Waals surface area (Å²) in [5.74, 6) is 1.35. The van der Waals surface area contributed by atoms with Crippen LogP contribution in [-0.2, 0) is 17.9 Å². The zero-order chi connectivity index (χ0) is 16.7. The summed E-state index contributed by atoms with van der Waals surface area (Å²) in [7, 11) is 4.86. The summed E-state index contributed by atoms with van der Waals surface area (Å²) in [5, 5.41) is 0. The summed E-state index contributed by atoms with van der Waals surface area (Å²) >= 11 is 0. The van der Waals surface area contributed by atoms with E-state index < -0.39 is 6.09 Å². The molecule has 0 aliphatic heterocycles. The molecule has 0 bridgehead atoms. The van der Waals surface area contributed by atoms with Gasteiger partial charge in [-0.15, -0.1) is 0 Å². The third-order valence-corrected chi connectivity index (χ3v) is 3.44. The average molecular weight is 315 g/mol. The van der Waals surface area contributed by atoms with Crippen molar-refractivity contribution in [3.05, 3.63) is 59.7 Å². The molecule has 1 amide bonds.